The molecule has 1 aromatic carbocycles. The molecule has 0 spiro atoms. The molecule has 6 nitrogen and oxygen atoms in total. The molecule has 1 atom stereocenters. The van der Waals surface area contributed by atoms with Gasteiger partial charge in [0.25, 0.3) is 10.0 Å². The zero-order valence-electron chi connectivity index (χ0n) is 11.3. The summed E-state index contributed by atoms with van der Waals surface area (Å²) in [6.45, 7) is 4.47. The van der Waals surface area contributed by atoms with Crippen molar-refractivity contribution in [2.24, 2.45) is 0 Å². The van der Waals surface area contributed by atoms with E-state index in [0.717, 1.165) is 5.56 Å². The fourth-order valence-corrected chi connectivity index (χ4v) is 3.64. The van der Waals surface area contributed by atoms with Gasteiger partial charge in [0.05, 0.1) is 4.90 Å². The van der Waals surface area contributed by atoms with Crippen molar-refractivity contribution in [1.82, 2.24) is 4.31 Å². The number of carbonyl (C=O) groups is 1. The molecule has 0 radical (unpaired) electrons. The smallest absolute Gasteiger partial charge is 0.409 e. The highest BCUT2D eigenvalue weighted by Crippen LogP contribution is 2.36. The summed E-state index contributed by atoms with van der Waals surface area (Å²) >= 11 is 0. The zero-order chi connectivity index (χ0) is 15.1. The fraction of sp³-hybridized carbons (Fsp3) is 0.308. The maximum atomic E-state index is 12.5. The molecule has 1 N–H and O–H groups in total. The number of rotatable bonds is 2. The van der Waals surface area contributed by atoms with Crippen LogP contribution < -0.4 is 0 Å². The Balaban J connectivity index is 2.58. The van der Waals surface area contributed by atoms with Crippen molar-refractivity contribution < 1.29 is 23.1 Å². The van der Waals surface area contributed by atoms with Crippen LogP contribution in [0.1, 0.15) is 19.4 Å². The number of ether oxygens (including phenoxy) is 1. The van der Waals surface area contributed by atoms with E-state index in [0.29, 0.717) is 4.31 Å². The van der Waals surface area contributed by atoms with Gasteiger partial charge in [-0.05, 0) is 44.5 Å². The molecule has 108 valence electrons. The number of benzene rings is 1. The predicted molar refractivity (Wildman–Crippen MR) is 71.1 cm³/mol. The number of aryl methyl sites for hydroxylation is 1. The van der Waals surface area contributed by atoms with Gasteiger partial charge in [-0.1, -0.05) is 12.1 Å². The molecule has 0 saturated carbocycles. The van der Waals surface area contributed by atoms with Gasteiger partial charge in [-0.25, -0.2) is 13.2 Å². The SMILES string of the molecule is C/C=C1\OC(=O)N(S(=O)(=O)c2cccc(C)c2)C1(C)O. The molecule has 20 heavy (non-hydrogen) atoms. The minimum atomic E-state index is -4.19. The molecule has 0 bridgehead atoms. The fourth-order valence-electron chi connectivity index (χ4n) is 2.06. The molecule has 1 fully saturated rings. The van der Waals surface area contributed by atoms with Crippen molar-refractivity contribution in [1.29, 1.82) is 0 Å². The van der Waals surface area contributed by atoms with Gasteiger partial charge in [-0.2, -0.15) is 4.31 Å². The van der Waals surface area contributed by atoms with Crippen molar-refractivity contribution in [3.63, 3.8) is 0 Å². The van der Waals surface area contributed by atoms with Crippen LogP contribution in [0, 0.1) is 6.92 Å². The number of hydrogen-bond acceptors (Lipinski definition) is 5. The first-order valence-electron chi connectivity index (χ1n) is 5.94. The molecule has 1 heterocycles. The average Bonchev–Trinajstić information content (AvgIpc) is 2.58. The summed E-state index contributed by atoms with van der Waals surface area (Å²) in [5.41, 5.74) is -1.31. The molecular formula is C13H15NO5S. The zero-order valence-corrected chi connectivity index (χ0v) is 12.1. The Kier molecular flexibility index (Phi) is 3.35. The van der Waals surface area contributed by atoms with Crippen molar-refractivity contribution in [3.8, 4) is 0 Å². The van der Waals surface area contributed by atoms with Crippen molar-refractivity contribution >= 4 is 16.1 Å². The number of allylic oxidation sites excluding steroid dienone is 1. The van der Waals surface area contributed by atoms with Crippen LogP contribution in [-0.2, 0) is 14.8 Å². The number of sulfonamides is 1. The monoisotopic (exact) mass is 297 g/mol. The molecule has 1 saturated heterocycles. The van der Waals surface area contributed by atoms with E-state index < -0.39 is 21.8 Å². The lowest BCUT2D eigenvalue weighted by Crippen LogP contribution is -2.47. The summed E-state index contributed by atoms with van der Waals surface area (Å²) in [5, 5.41) is 10.3. The van der Waals surface area contributed by atoms with E-state index in [9.17, 15) is 18.3 Å². The number of aliphatic hydroxyl groups is 1. The first-order chi connectivity index (χ1) is 9.21. The second kappa shape index (κ2) is 4.60. The van der Waals surface area contributed by atoms with Crippen LogP contribution in [0.2, 0.25) is 0 Å². The van der Waals surface area contributed by atoms with E-state index in [2.05, 4.69) is 0 Å². The number of carbonyl (C=O) groups excluding carboxylic acids is 1. The second-order valence-corrected chi connectivity index (χ2v) is 6.41. The van der Waals surface area contributed by atoms with Crippen LogP contribution in [-0.4, -0.2) is 29.6 Å². The summed E-state index contributed by atoms with van der Waals surface area (Å²) in [7, 11) is -4.19. The van der Waals surface area contributed by atoms with Gasteiger partial charge in [0.1, 0.15) is 0 Å². The standard InChI is InChI=1S/C13H15NO5S/c1-4-11-13(3,16)14(12(15)19-11)20(17,18)10-7-5-6-9(2)8-10/h4-8,16H,1-3H3/b11-4-. The Morgan fingerprint density at radius 1 is 1.40 bits per heavy atom. The van der Waals surface area contributed by atoms with Gasteiger partial charge < -0.3 is 9.84 Å². The lowest BCUT2D eigenvalue weighted by Gasteiger charge is -2.26. The first kappa shape index (κ1) is 14.5. The van der Waals surface area contributed by atoms with Crippen molar-refractivity contribution in [2.75, 3.05) is 0 Å². The molecule has 1 unspecified atom stereocenters. The van der Waals surface area contributed by atoms with Crippen molar-refractivity contribution in [3.05, 3.63) is 41.7 Å². The summed E-state index contributed by atoms with van der Waals surface area (Å²) in [6, 6.07) is 6.08. The summed E-state index contributed by atoms with van der Waals surface area (Å²) in [5.74, 6) is -0.112. The van der Waals surface area contributed by atoms with Gasteiger partial charge in [0.15, 0.2) is 5.76 Å². The molecule has 1 aliphatic heterocycles. The van der Waals surface area contributed by atoms with Crippen LogP contribution in [0.4, 0.5) is 4.79 Å². The van der Waals surface area contributed by atoms with E-state index >= 15 is 0 Å². The van der Waals surface area contributed by atoms with Crippen LogP contribution in [0.3, 0.4) is 0 Å². The highest BCUT2D eigenvalue weighted by atomic mass is 32.2. The maximum Gasteiger partial charge on any atom is 0.432 e. The minimum absolute atomic E-state index is 0.0768. The van der Waals surface area contributed by atoms with Gasteiger partial charge in [-0.3, -0.25) is 0 Å². The van der Waals surface area contributed by atoms with E-state index in [1.807, 2.05) is 0 Å². The van der Waals surface area contributed by atoms with Gasteiger partial charge in [0, 0.05) is 0 Å². The topological polar surface area (TPSA) is 83.9 Å². The molecular weight excluding hydrogens is 282 g/mol. The number of amides is 1. The highest BCUT2D eigenvalue weighted by molar-refractivity contribution is 7.89. The Morgan fingerprint density at radius 3 is 2.55 bits per heavy atom. The molecule has 1 amide bonds. The lowest BCUT2D eigenvalue weighted by atomic mass is 10.2. The van der Waals surface area contributed by atoms with E-state index in [-0.39, 0.29) is 10.7 Å². The van der Waals surface area contributed by atoms with E-state index in [1.165, 1.54) is 25.1 Å². The van der Waals surface area contributed by atoms with Gasteiger partial charge in [-0.15, -0.1) is 0 Å². The van der Waals surface area contributed by atoms with Crippen LogP contribution in [0.25, 0.3) is 0 Å². The molecule has 1 aromatic rings. The third-order valence-electron chi connectivity index (χ3n) is 3.02. The van der Waals surface area contributed by atoms with E-state index in [4.69, 9.17) is 4.74 Å². The number of hydrogen-bond donors (Lipinski definition) is 1. The van der Waals surface area contributed by atoms with Crippen LogP contribution >= 0.6 is 0 Å². The van der Waals surface area contributed by atoms with Crippen molar-refractivity contribution in [2.45, 2.75) is 31.4 Å². The van der Waals surface area contributed by atoms with Crippen LogP contribution in [0.15, 0.2) is 41.0 Å². The van der Waals surface area contributed by atoms with E-state index in [1.54, 1.807) is 26.0 Å². The Bertz CT molecular complexity index is 690. The first-order valence-corrected chi connectivity index (χ1v) is 7.38. The highest BCUT2D eigenvalue weighted by Gasteiger charge is 2.53. The lowest BCUT2D eigenvalue weighted by molar-refractivity contribution is 0.0240. The number of cyclic esters (lactones) is 1. The molecule has 1 aliphatic rings. The Labute approximate surface area is 117 Å². The third-order valence-corrected chi connectivity index (χ3v) is 4.85. The third kappa shape index (κ3) is 2.08. The predicted octanol–water partition coefficient (Wildman–Crippen LogP) is 1.75. The average molecular weight is 297 g/mol. The van der Waals surface area contributed by atoms with Gasteiger partial charge in [0.2, 0.25) is 5.72 Å². The Hall–Kier alpha value is -1.86. The Morgan fingerprint density at radius 2 is 2.05 bits per heavy atom. The second-order valence-electron chi connectivity index (χ2n) is 4.63. The minimum Gasteiger partial charge on any atom is -0.409 e. The number of nitrogens with zero attached hydrogens (tertiary/aromatic N) is 1. The molecule has 2 rings (SSSR count). The summed E-state index contributed by atoms with van der Waals surface area (Å²) < 4.78 is 30.2. The molecule has 0 aromatic heterocycles. The maximum absolute atomic E-state index is 12.5. The van der Waals surface area contributed by atoms with Crippen LogP contribution in [0.5, 0.6) is 0 Å². The van der Waals surface area contributed by atoms with Gasteiger partial charge >= 0.3 is 6.09 Å². The molecule has 0 aliphatic carbocycles. The molecule has 7 heteroatoms. The summed E-state index contributed by atoms with van der Waals surface area (Å²) in [4.78, 5) is 11.7. The normalized spacial score (nSPS) is 25.1. The quantitative estimate of drug-likeness (QED) is 0.899. The summed E-state index contributed by atoms with van der Waals surface area (Å²) in [6.07, 6.45) is 0.230. The largest absolute Gasteiger partial charge is 0.432 e.